The molecule has 0 aromatic heterocycles. The summed E-state index contributed by atoms with van der Waals surface area (Å²) in [4.78, 5) is 0. The average molecular weight is 277 g/mol. The summed E-state index contributed by atoms with van der Waals surface area (Å²) in [6, 6.07) is 9.01. The molecule has 20 heavy (non-hydrogen) atoms. The molecule has 0 aliphatic carbocycles. The molecule has 1 N–H and O–H groups in total. The first-order chi connectivity index (χ1) is 9.85. The van der Waals surface area contributed by atoms with Crippen LogP contribution in [0, 0.1) is 5.92 Å². The maximum atomic E-state index is 5.53. The summed E-state index contributed by atoms with van der Waals surface area (Å²) in [7, 11) is 0. The Balaban J connectivity index is 2.07. The Morgan fingerprint density at radius 1 is 1.20 bits per heavy atom. The number of ether oxygens (including phenoxy) is 2. The molecule has 1 aromatic rings. The molecule has 3 heteroatoms. The molecule has 0 spiro atoms. The molecule has 0 bridgehead atoms. The van der Waals surface area contributed by atoms with Gasteiger partial charge in [0, 0.05) is 19.3 Å². The van der Waals surface area contributed by atoms with Gasteiger partial charge in [0.2, 0.25) is 0 Å². The maximum absolute atomic E-state index is 5.53. The van der Waals surface area contributed by atoms with Crippen molar-refractivity contribution >= 4 is 0 Å². The zero-order valence-corrected chi connectivity index (χ0v) is 12.7. The highest BCUT2D eigenvalue weighted by Crippen LogP contribution is 2.31. The molecule has 112 valence electrons. The Labute approximate surface area is 122 Å². The SMILES string of the molecule is CCCNC(c1ccc(OCC)cc1)C1CCOCC1. The van der Waals surface area contributed by atoms with Crippen molar-refractivity contribution in [3.63, 3.8) is 0 Å². The zero-order valence-electron chi connectivity index (χ0n) is 12.7. The minimum absolute atomic E-state index is 0.439. The molecule has 3 nitrogen and oxygen atoms in total. The van der Waals surface area contributed by atoms with Crippen LogP contribution in [-0.2, 0) is 4.74 Å². The molecular formula is C17H27NO2. The molecule has 1 unspecified atom stereocenters. The lowest BCUT2D eigenvalue weighted by Crippen LogP contribution is -2.32. The minimum Gasteiger partial charge on any atom is -0.494 e. The monoisotopic (exact) mass is 277 g/mol. The zero-order chi connectivity index (χ0) is 14.2. The van der Waals surface area contributed by atoms with Crippen LogP contribution in [0.5, 0.6) is 5.75 Å². The summed E-state index contributed by atoms with van der Waals surface area (Å²) in [5, 5.41) is 3.71. The maximum Gasteiger partial charge on any atom is 0.119 e. The predicted octanol–water partition coefficient (Wildman–Crippen LogP) is 3.55. The highest BCUT2D eigenvalue weighted by Gasteiger charge is 2.24. The van der Waals surface area contributed by atoms with Crippen molar-refractivity contribution < 1.29 is 9.47 Å². The Bertz CT molecular complexity index is 371. The summed E-state index contributed by atoms with van der Waals surface area (Å²) < 4.78 is 11.0. The summed E-state index contributed by atoms with van der Waals surface area (Å²) in [5.41, 5.74) is 1.37. The molecule has 0 amide bonds. The molecule has 1 saturated heterocycles. The van der Waals surface area contributed by atoms with Gasteiger partial charge in [-0.1, -0.05) is 19.1 Å². The van der Waals surface area contributed by atoms with E-state index in [0.29, 0.717) is 12.0 Å². The minimum atomic E-state index is 0.439. The van der Waals surface area contributed by atoms with Gasteiger partial charge in [0.05, 0.1) is 6.61 Å². The molecule has 1 aliphatic rings. The number of hydrogen-bond acceptors (Lipinski definition) is 3. The number of hydrogen-bond donors (Lipinski definition) is 1. The summed E-state index contributed by atoms with van der Waals surface area (Å²) in [5.74, 6) is 1.63. The van der Waals surface area contributed by atoms with Crippen LogP contribution in [-0.4, -0.2) is 26.4 Å². The van der Waals surface area contributed by atoms with E-state index in [0.717, 1.165) is 51.4 Å². The van der Waals surface area contributed by atoms with Gasteiger partial charge in [-0.2, -0.15) is 0 Å². The number of benzene rings is 1. The first kappa shape index (κ1) is 15.3. The van der Waals surface area contributed by atoms with Crippen LogP contribution in [0.2, 0.25) is 0 Å². The second kappa shape index (κ2) is 8.28. The second-order valence-electron chi connectivity index (χ2n) is 5.38. The van der Waals surface area contributed by atoms with E-state index < -0.39 is 0 Å². The average Bonchev–Trinajstić information content (AvgIpc) is 2.51. The van der Waals surface area contributed by atoms with Gasteiger partial charge in [-0.05, 0) is 56.3 Å². The summed E-state index contributed by atoms with van der Waals surface area (Å²) in [6.45, 7) is 7.80. The van der Waals surface area contributed by atoms with Crippen LogP contribution < -0.4 is 10.1 Å². The van der Waals surface area contributed by atoms with Crippen molar-refractivity contribution in [2.45, 2.75) is 39.2 Å². The Kier molecular flexibility index (Phi) is 6.34. The van der Waals surface area contributed by atoms with E-state index in [1.807, 2.05) is 6.92 Å². The van der Waals surface area contributed by atoms with E-state index in [1.165, 1.54) is 5.56 Å². The third-order valence-electron chi connectivity index (χ3n) is 3.90. The molecule has 1 aliphatic heterocycles. The molecule has 0 saturated carbocycles. The van der Waals surface area contributed by atoms with Gasteiger partial charge < -0.3 is 14.8 Å². The van der Waals surface area contributed by atoms with Gasteiger partial charge in [0.25, 0.3) is 0 Å². The van der Waals surface area contributed by atoms with Gasteiger partial charge in [0.15, 0.2) is 0 Å². The van der Waals surface area contributed by atoms with Gasteiger partial charge in [-0.25, -0.2) is 0 Å². The van der Waals surface area contributed by atoms with Gasteiger partial charge in [-0.15, -0.1) is 0 Å². The van der Waals surface area contributed by atoms with Crippen molar-refractivity contribution in [3.8, 4) is 5.75 Å². The quantitative estimate of drug-likeness (QED) is 0.826. The van der Waals surface area contributed by atoms with Gasteiger partial charge >= 0.3 is 0 Å². The van der Waals surface area contributed by atoms with E-state index in [1.54, 1.807) is 0 Å². The highest BCUT2D eigenvalue weighted by molar-refractivity contribution is 5.29. The Morgan fingerprint density at radius 3 is 2.50 bits per heavy atom. The van der Waals surface area contributed by atoms with Gasteiger partial charge in [-0.3, -0.25) is 0 Å². The molecular weight excluding hydrogens is 250 g/mol. The first-order valence-corrected chi connectivity index (χ1v) is 7.89. The van der Waals surface area contributed by atoms with Crippen LogP contribution in [0.3, 0.4) is 0 Å². The van der Waals surface area contributed by atoms with Crippen molar-refractivity contribution in [1.82, 2.24) is 5.32 Å². The van der Waals surface area contributed by atoms with Crippen molar-refractivity contribution in [1.29, 1.82) is 0 Å². The molecule has 2 rings (SSSR count). The molecule has 1 fully saturated rings. The van der Waals surface area contributed by atoms with E-state index in [2.05, 4.69) is 36.5 Å². The Morgan fingerprint density at radius 2 is 1.90 bits per heavy atom. The van der Waals surface area contributed by atoms with Crippen LogP contribution >= 0.6 is 0 Å². The third kappa shape index (κ3) is 4.22. The second-order valence-corrected chi connectivity index (χ2v) is 5.38. The van der Waals surface area contributed by atoms with Crippen molar-refractivity contribution in [2.75, 3.05) is 26.4 Å². The first-order valence-electron chi connectivity index (χ1n) is 7.89. The van der Waals surface area contributed by atoms with Crippen molar-refractivity contribution in [2.24, 2.45) is 5.92 Å². The standard InChI is InChI=1S/C17H27NO2/c1-3-11-18-17(15-9-12-19-13-10-15)14-5-7-16(8-6-14)20-4-2/h5-8,15,17-18H,3-4,9-13H2,1-2H3. The van der Waals surface area contributed by atoms with E-state index >= 15 is 0 Å². The predicted molar refractivity (Wildman–Crippen MR) is 82.2 cm³/mol. The van der Waals surface area contributed by atoms with Gasteiger partial charge in [0.1, 0.15) is 5.75 Å². The summed E-state index contributed by atoms with van der Waals surface area (Å²) >= 11 is 0. The summed E-state index contributed by atoms with van der Waals surface area (Å²) in [6.07, 6.45) is 3.46. The fraction of sp³-hybridized carbons (Fsp3) is 0.647. The lowest BCUT2D eigenvalue weighted by Gasteiger charge is -2.31. The third-order valence-corrected chi connectivity index (χ3v) is 3.90. The van der Waals surface area contributed by atoms with Crippen molar-refractivity contribution in [3.05, 3.63) is 29.8 Å². The fourth-order valence-corrected chi connectivity index (χ4v) is 2.84. The normalized spacial score (nSPS) is 17.9. The smallest absolute Gasteiger partial charge is 0.119 e. The topological polar surface area (TPSA) is 30.5 Å². The number of rotatable bonds is 7. The molecule has 0 radical (unpaired) electrons. The van der Waals surface area contributed by atoms with E-state index in [-0.39, 0.29) is 0 Å². The van der Waals surface area contributed by atoms with E-state index in [4.69, 9.17) is 9.47 Å². The molecule has 1 aromatic carbocycles. The van der Waals surface area contributed by atoms with Crippen LogP contribution in [0.25, 0.3) is 0 Å². The van der Waals surface area contributed by atoms with E-state index in [9.17, 15) is 0 Å². The number of nitrogens with one attached hydrogen (secondary N) is 1. The largest absolute Gasteiger partial charge is 0.494 e. The lowest BCUT2D eigenvalue weighted by atomic mass is 9.87. The van der Waals surface area contributed by atoms with Crippen LogP contribution in [0.15, 0.2) is 24.3 Å². The molecule has 1 heterocycles. The molecule has 1 atom stereocenters. The fourth-order valence-electron chi connectivity index (χ4n) is 2.84. The lowest BCUT2D eigenvalue weighted by molar-refractivity contribution is 0.0536. The highest BCUT2D eigenvalue weighted by atomic mass is 16.5. The van der Waals surface area contributed by atoms with Crippen LogP contribution in [0.1, 0.15) is 44.7 Å². The van der Waals surface area contributed by atoms with Crippen LogP contribution in [0.4, 0.5) is 0 Å². The Hall–Kier alpha value is -1.06.